The van der Waals surface area contributed by atoms with Gasteiger partial charge in [-0.3, -0.25) is 0 Å². The number of benzene rings is 2. The van der Waals surface area contributed by atoms with E-state index in [1.165, 1.54) is 36.8 Å². The van der Waals surface area contributed by atoms with Gasteiger partial charge in [-0.1, -0.05) is 0 Å². The summed E-state index contributed by atoms with van der Waals surface area (Å²) in [7, 11) is 0. The van der Waals surface area contributed by atoms with Crippen molar-refractivity contribution in [2.45, 2.75) is 51.1 Å². The third-order valence-corrected chi connectivity index (χ3v) is 14.9. The van der Waals surface area contributed by atoms with Crippen molar-refractivity contribution in [3.05, 3.63) is 76.4 Å². The van der Waals surface area contributed by atoms with Crippen molar-refractivity contribution in [1.29, 1.82) is 0 Å². The van der Waals surface area contributed by atoms with Crippen LogP contribution in [-0.4, -0.2) is 0 Å². The Morgan fingerprint density at radius 3 is 2.46 bits per heavy atom. The van der Waals surface area contributed by atoms with Crippen LogP contribution in [0.1, 0.15) is 53.5 Å². The summed E-state index contributed by atoms with van der Waals surface area (Å²) in [6.07, 6.45) is 10.3. The van der Waals surface area contributed by atoms with Crippen molar-refractivity contribution in [2.24, 2.45) is 0 Å². The van der Waals surface area contributed by atoms with Crippen LogP contribution < -0.4 is 0 Å². The second kappa shape index (κ2) is 6.41. The van der Waals surface area contributed by atoms with Crippen LogP contribution in [-0.2, 0) is 37.5 Å². The summed E-state index contributed by atoms with van der Waals surface area (Å²) in [5.74, 6) is 0.620. The molecule has 0 aliphatic heterocycles. The van der Waals surface area contributed by atoms with Gasteiger partial charge in [0.1, 0.15) is 0 Å². The average Bonchev–Trinajstić information content (AvgIpc) is 3.19. The van der Waals surface area contributed by atoms with E-state index in [1.807, 2.05) is 0 Å². The van der Waals surface area contributed by atoms with Gasteiger partial charge in [-0.2, -0.15) is 0 Å². The molecular weight excluding hydrogens is 455 g/mol. The van der Waals surface area contributed by atoms with Crippen LogP contribution in [0.25, 0.3) is 6.08 Å². The molecule has 0 saturated carbocycles. The first-order valence-electron chi connectivity index (χ1n) is 9.31. The Balaban J connectivity index is 1.73. The molecule has 0 amide bonds. The minimum atomic E-state index is -1.69. The van der Waals surface area contributed by atoms with E-state index in [9.17, 15) is 0 Å². The van der Waals surface area contributed by atoms with Crippen molar-refractivity contribution in [1.82, 2.24) is 0 Å². The molecular formula is C23H27Hf. The molecule has 2 atom stereocenters. The van der Waals surface area contributed by atoms with Crippen LogP contribution in [0.5, 0.6) is 0 Å². The molecule has 2 unspecified atom stereocenters. The molecule has 0 nitrogen and oxygen atoms in total. The fraction of sp³-hybridized carbons (Fsp3) is 0.391. The average molecular weight is 482 g/mol. The second-order valence-corrected chi connectivity index (χ2v) is 18.3. The van der Waals surface area contributed by atoms with Crippen LogP contribution in [0.2, 0.25) is 9.36 Å². The zero-order valence-corrected chi connectivity index (χ0v) is 18.7. The first-order valence-corrected chi connectivity index (χ1v) is 18.3. The summed E-state index contributed by atoms with van der Waals surface area (Å²) in [4.78, 5) is 0. The van der Waals surface area contributed by atoms with E-state index >= 15 is 0 Å². The van der Waals surface area contributed by atoms with Crippen molar-refractivity contribution in [3.8, 4) is 0 Å². The summed E-state index contributed by atoms with van der Waals surface area (Å²) < 4.78 is 5.61. The molecule has 0 spiro atoms. The summed E-state index contributed by atoms with van der Waals surface area (Å²) in [5, 5.41) is 0. The van der Waals surface area contributed by atoms with Gasteiger partial charge >= 0.3 is 155 Å². The molecule has 0 fully saturated rings. The third kappa shape index (κ3) is 2.69. The topological polar surface area (TPSA) is 0 Å². The number of rotatable bonds is 4. The summed E-state index contributed by atoms with van der Waals surface area (Å²) >= 11 is -1.69. The number of fused-ring (bicyclic) bond motifs is 2. The fourth-order valence-corrected chi connectivity index (χ4v) is 11.5. The van der Waals surface area contributed by atoms with Gasteiger partial charge in [0.15, 0.2) is 0 Å². The Bertz CT molecular complexity index is 772. The molecule has 123 valence electrons. The third-order valence-electron chi connectivity index (χ3n) is 6.18. The van der Waals surface area contributed by atoms with Gasteiger partial charge in [-0.15, -0.1) is 0 Å². The maximum atomic E-state index is 2.61. The van der Waals surface area contributed by atoms with Gasteiger partial charge < -0.3 is 0 Å². The maximum absolute atomic E-state index is 2.61. The van der Waals surface area contributed by atoms with E-state index in [0.717, 1.165) is 0 Å². The van der Waals surface area contributed by atoms with Crippen LogP contribution in [0, 0.1) is 0 Å². The van der Waals surface area contributed by atoms with Gasteiger partial charge in [0.2, 0.25) is 0 Å². The molecule has 1 heteroatoms. The van der Waals surface area contributed by atoms with E-state index in [2.05, 4.69) is 70.9 Å². The monoisotopic (exact) mass is 483 g/mol. The van der Waals surface area contributed by atoms with Gasteiger partial charge in [0.05, 0.1) is 0 Å². The van der Waals surface area contributed by atoms with Crippen LogP contribution in [0.15, 0.2) is 48.5 Å². The molecule has 0 bridgehead atoms. The zero-order valence-electron chi connectivity index (χ0n) is 15.1. The Morgan fingerprint density at radius 1 is 1.04 bits per heavy atom. The molecule has 4 rings (SSSR count). The number of hydrogen-bond donors (Lipinski definition) is 0. The number of allylic oxidation sites excluding steroid dienone is 1. The first kappa shape index (κ1) is 16.5. The zero-order chi connectivity index (χ0) is 16.7. The normalized spacial score (nSPS) is 22.3. The van der Waals surface area contributed by atoms with E-state index in [0.29, 0.717) is 9.09 Å². The Kier molecular flexibility index (Phi) is 4.41. The predicted molar refractivity (Wildman–Crippen MR) is 100 cm³/mol. The number of hydrogen-bond acceptors (Lipinski definition) is 0. The van der Waals surface area contributed by atoms with E-state index in [-0.39, 0.29) is 0 Å². The first-order chi connectivity index (χ1) is 11.6. The molecule has 0 N–H and O–H groups in total. The van der Waals surface area contributed by atoms with Gasteiger partial charge in [0.25, 0.3) is 0 Å². The van der Waals surface area contributed by atoms with Crippen molar-refractivity contribution in [3.63, 3.8) is 0 Å². The van der Waals surface area contributed by atoms with Crippen LogP contribution in [0.4, 0.5) is 0 Å². The molecule has 2 aromatic carbocycles. The summed E-state index contributed by atoms with van der Waals surface area (Å²) in [6, 6.07) is 16.2. The number of aryl methyl sites for hydroxylation is 2. The Labute approximate surface area is 154 Å². The molecule has 2 aliphatic carbocycles. The van der Waals surface area contributed by atoms with Crippen LogP contribution >= 0.6 is 0 Å². The molecule has 0 radical (unpaired) electrons. The summed E-state index contributed by atoms with van der Waals surface area (Å²) in [5.41, 5.74) is 7.96. The predicted octanol–water partition coefficient (Wildman–Crippen LogP) is 6.31. The van der Waals surface area contributed by atoms with E-state index in [1.54, 1.807) is 16.7 Å². The SMILES string of the molecule is CC(C[C]1([Hf]([CH3])[CH3])C=Cc2cc3c(cc21)CCC3)c1ccccc1. The Hall–Kier alpha value is -0.950. The van der Waals surface area contributed by atoms with Gasteiger partial charge in [-0.25, -0.2) is 0 Å². The fourth-order valence-electron chi connectivity index (χ4n) is 4.69. The molecule has 2 aliphatic rings. The molecule has 0 aromatic heterocycles. The van der Waals surface area contributed by atoms with E-state index < -0.39 is 21.4 Å². The van der Waals surface area contributed by atoms with E-state index in [4.69, 9.17) is 0 Å². The molecule has 0 heterocycles. The van der Waals surface area contributed by atoms with Gasteiger partial charge in [0, 0.05) is 0 Å². The molecule has 2 aromatic rings. The van der Waals surface area contributed by atoms with Crippen molar-refractivity contribution < 1.29 is 21.4 Å². The Morgan fingerprint density at radius 2 is 1.75 bits per heavy atom. The van der Waals surface area contributed by atoms with Gasteiger partial charge in [-0.05, 0) is 0 Å². The standard InChI is InChI=1S/C21H21.2CH3.Hf/c1-15(16-6-3-2-4-7-16)12-19-10-11-20-13-17-8-5-9-18(17)14-21(19)20;;;/h2-4,6-7,10-11,13-15H,5,8-9,12H2,1H3;2*1H3;. The van der Waals surface area contributed by atoms with Crippen LogP contribution in [0.3, 0.4) is 0 Å². The van der Waals surface area contributed by atoms with Crippen molar-refractivity contribution in [2.75, 3.05) is 0 Å². The minimum absolute atomic E-state index is 0.396. The molecule has 0 saturated heterocycles. The summed E-state index contributed by atoms with van der Waals surface area (Å²) in [6.45, 7) is 2.42. The van der Waals surface area contributed by atoms with Crippen molar-refractivity contribution >= 4 is 6.08 Å². The second-order valence-electron chi connectivity index (χ2n) is 7.88. The molecule has 24 heavy (non-hydrogen) atoms. The quantitative estimate of drug-likeness (QED) is 0.449.